The molecule has 1 atom stereocenters. The average Bonchev–Trinajstić information content (AvgIpc) is 3.06. The molecule has 3 rings (SSSR count). The molecule has 10 heteroatoms. The van der Waals surface area contributed by atoms with Crippen molar-refractivity contribution in [1.29, 1.82) is 0 Å². The van der Waals surface area contributed by atoms with Crippen molar-refractivity contribution >= 4 is 29.9 Å². The number of nitrogens with zero attached hydrogens (tertiary/aromatic N) is 5. The normalized spacial score (nSPS) is 17.0. The molecule has 1 saturated heterocycles. The van der Waals surface area contributed by atoms with E-state index in [0.29, 0.717) is 45.4 Å². The lowest BCUT2D eigenvalue weighted by Gasteiger charge is -2.34. The van der Waals surface area contributed by atoms with Crippen LogP contribution in [-0.4, -0.2) is 75.7 Å². The first kappa shape index (κ1) is 25.5. The van der Waals surface area contributed by atoms with Crippen molar-refractivity contribution in [2.45, 2.75) is 32.5 Å². The number of halogens is 1. The maximum Gasteiger partial charge on any atom is 0.192 e. The van der Waals surface area contributed by atoms with E-state index in [9.17, 15) is 5.11 Å². The summed E-state index contributed by atoms with van der Waals surface area (Å²) in [6.07, 6.45) is 0. The quantitative estimate of drug-likeness (QED) is 0.260. The molecule has 1 aromatic carbocycles. The lowest BCUT2D eigenvalue weighted by molar-refractivity contribution is -0.0201. The molecule has 1 unspecified atom stereocenters. The predicted molar refractivity (Wildman–Crippen MR) is 131 cm³/mol. The fourth-order valence-electron chi connectivity index (χ4n) is 3.27. The summed E-state index contributed by atoms with van der Waals surface area (Å²) in [5, 5.41) is 25.8. The van der Waals surface area contributed by atoms with Crippen LogP contribution in [0.5, 0.6) is 0 Å². The van der Waals surface area contributed by atoms with Gasteiger partial charge in [0.15, 0.2) is 11.8 Å². The molecular formula is C21H34IN7O2. The number of ether oxygens (including phenoxy) is 1. The number of rotatable bonds is 8. The van der Waals surface area contributed by atoms with Crippen LogP contribution >= 0.6 is 24.0 Å². The molecule has 0 bridgehead atoms. The molecule has 3 N–H and O–H groups in total. The molecule has 0 radical (unpaired) electrons. The van der Waals surface area contributed by atoms with E-state index in [-0.39, 0.29) is 24.0 Å². The Morgan fingerprint density at radius 3 is 2.55 bits per heavy atom. The van der Waals surface area contributed by atoms with Crippen LogP contribution in [0.2, 0.25) is 0 Å². The monoisotopic (exact) mass is 543 g/mol. The Morgan fingerprint density at radius 2 is 1.90 bits per heavy atom. The number of aromatic nitrogens is 3. The van der Waals surface area contributed by atoms with Gasteiger partial charge in [0.25, 0.3) is 0 Å². The highest BCUT2D eigenvalue weighted by Crippen LogP contribution is 2.08. The summed E-state index contributed by atoms with van der Waals surface area (Å²) in [6, 6.07) is 10.1. The van der Waals surface area contributed by atoms with E-state index in [1.807, 2.05) is 55.8 Å². The van der Waals surface area contributed by atoms with Gasteiger partial charge in [-0.1, -0.05) is 30.3 Å². The molecular weight excluding hydrogens is 509 g/mol. The molecule has 172 valence electrons. The molecule has 1 aromatic heterocycles. The fourth-order valence-corrected chi connectivity index (χ4v) is 3.27. The van der Waals surface area contributed by atoms with Gasteiger partial charge >= 0.3 is 0 Å². The number of hydrogen-bond donors (Lipinski definition) is 3. The first-order valence-corrected chi connectivity index (χ1v) is 10.4. The summed E-state index contributed by atoms with van der Waals surface area (Å²) in [4.78, 5) is 6.91. The van der Waals surface area contributed by atoms with Gasteiger partial charge in [0.2, 0.25) is 0 Å². The van der Waals surface area contributed by atoms with Crippen LogP contribution in [0.15, 0.2) is 35.3 Å². The van der Waals surface area contributed by atoms with Crippen LogP contribution in [0.3, 0.4) is 0 Å². The maximum atomic E-state index is 10.9. The largest absolute Gasteiger partial charge is 0.387 e. The number of hydrogen-bond acceptors (Lipinski definition) is 6. The number of aliphatic imine (C=N–C) groups is 1. The Labute approximate surface area is 201 Å². The Kier molecular flexibility index (Phi) is 10.1. The van der Waals surface area contributed by atoms with Crippen molar-refractivity contribution < 1.29 is 9.84 Å². The van der Waals surface area contributed by atoms with E-state index in [0.717, 1.165) is 30.3 Å². The summed E-state index contributed by atoms with van der Waals surface area (Å²) >= 11 is 0. The molecule has 0 aliphatic carbocycles. The van der Waals surface area contributed by atoms with Gasteiger partial charge in [-0.05, 0) is 19.4 Å². The second-order valence-electron chi connectivity index (χ2n) is 7.97. The smallest absolute Gasteiger partial charge is 0.192 e. The highest BCUT2D eigenvalue weighted by atomic mass is 127. The van der Waals surface area contributed by atoms with Crippen LogP contribution in [0.1, 0.15) is 24.1 Å². The summed E-state index contributed by atoms with van der Waals surface area (Å²) in [5.41, 5.74) is 0.224. The molecule has 1 fully saturated rings. The lowest BCUT2D eigenvalue weighted by atomic mass is 10.1. The lowest BCUT2D eigenvalue weighted by Crippen LogP contribution is -2.52. The number of aryl methyl sites for hydroxylation is 1. The summed E-state index contributed by atoms with van der Waals surface area (Å²) in [7, 11) is 1.94. The van der Waals surface area contributed by atoms with E-state index in [1.165, 1.54) is 0 Å². The molecule has 0 spiro atoms. The Hall–Kier alpha value is -1.76. The number of morpholine rings is 1. The Morgan fingerprint density at radius 1 is 1.19 bits per heavy atom. The van der Waals surface area contributed by atoms with Crippen molar-refractivity contribution in [3.8, 4) is 0 Å². The summed E-state index contributed by atoms with van der Waals surface area (Å²) < 4.78 is 7.33. The van der Waals surface area contributed by atoms with Crippen LogP contribution < -0.4 is 10.6 Å². The second-order valence-corrected chi connectivity index (χ2v) is 7.97. The molecule has 1 aliphatic rings. The van der Waals surface area contributed by atoms with Crippen molar-refractivity contribution in [1.82, 2.24) is 30.3 Å². The van der Waals surface area contributed by atoms with E-state index in [2.05, 4.69) is 30.7 Å². The standard InChI is InChI=1S/C21H33N7O2.HI/c1-17-25-26-19(27(17)3)14-23-20(22-13-18-7-5-4-6-8-18)24-15-21(2,29)16-28-9-11-30-12-10-28;/h4-8,29H,9-16H2,1-3H3,(H2,22,23,24);1H. The molecule has 2 heterocycles. The Balaban J connectivity index is 0.00000341. The van der Waals surface area contributed by atoms with Gasteiger partial charge in [-0.3, -0.25) is 4.90 Å². The molecule has 31 heavy (non-hydrogen) atoms. The van der Waals surface area contributed by atoms with Crippen LogP contribution in [0, 0.1) is 6.92 Å². The third kappa shape index (κ3) is 8.36. The maximum absolute atomic E-state index is 10.9. The zero-order chi connectivity index (χ0) is 21.4. The van der Waals surface area contributed by atoms with E-state index in [1.54, 1.807) is 0 Å². The summed E-state index contributed by atoms with van der Waals surface area (Å²) in [5.74, 6) is 2.31. The Bertz CT molecular complexity index is 820. The third-order valence-electron chi connectivity index (χ3n) is 5.16. The van der Waals surface area contributed by atoms with Gasteiger partial charge < -0.3 is 25.0 Å². The van der Waals surface area contributed by atoms with Gasteiger partial charge in [-0.15, -0.1) is 34.2 Å². The van der Waals surface area contributed by atoms with Gasteiger partial charge in [-0.25, -0.2) is 4.99 Å². The molecule has 9 nitrogen and oxygen atoms in total. The van der Waals surface area contributed by atoms with Crippen molar-refractivity contribution in [3.63, 3.8) is 0 Å². The van der Waals surface area contributed by atoms with E-state index >= 15 is 0 Å². The predicted octanol–water partition coefficient (Wildman–Crippen LogP) is 1.06. The number of guanidine groups is 1. The van der Waals surface area contributed by atoms with Gasteiger partial charge in [0, 0.05) is 33.2 Å². The van der Waals surface area contributed by atoms with Crippen LogP contribution in [0.4, 0.5) is 0 Å². The first-order valence-electron chi connectivity index (χ1n) is 10.4. The van der Waals surface area contributed by atoms with Gasteiger partial charge in [0.1, 0.15) is 5.82 Å². The summed E-state index contributed by atoms with van der Waals surface area (Å²) in [6.45, 7) is 8.86. The van der Waals surface area contributed by atoms with Crippen molar-refractivity contribution in [2.75, 3.05) is 39.4 Å². The third-order valence-corrected chi connectivity index (χ3v) is 5.16. The number of aliphatic hydroxyl groups is 1. The second kappa shape index (κ2) is 12.3. The highest BCUT2D eigenvalue weighted by Gasteiger charge is 2.25. The van der Waals surface area contributed by atoms with Crippen molar-refractivity contribution in [2.24, 2.45) is 12.0 Å². The zero-order valence-electron chi connectivity index (χ0n) is 18.5. The van der Waals surface area contributed by atoms with Crippen LogP contribution in [0.25, 0.3) is 0 Å². The molecule has 1 aliphatic heterocycles. The number of nitrogens with one attached hydrogen (secondary N) is 2. The minimum absolute atomic E-state index is 0. The minimum atomic E-state index is -0.895. The molecule has 2 aromatic rings. The SMILES string of the molecule is Cc1nnc(CNC(=NCc2ccccc2)NCC(C)(O)CN2CCOCC2)n1C.I. The van der Waals surface area contributed by atoms with E-state index in [4.69, 9.17) is 4.74 Å². The number of β-amino-alcohol motifs (C(OH)–C–C–N with tert-alkyl or cyclic N) is 1. The zero-order valence-corrected chi connectivity index (χ0v) is 20.9. The van der Waals surface area contributed by atoms with E-state index < -0.39 is 5.60 Å². The van der Waals surface area contributed by atoms with Crippen molar-refractivity contribution in [3.05, 3.63) is 47.5 Å². The minimum Gasteiger partial charge on any atom is -0.387 e. The first-order chi connectivity index (χ1) is 14.4. The highest BCUT2D eigenvalue weighted by molar-refractivity contribution is 14.0. The van der Waals surface area contributed by atoms with Crippen LogP contribution in [-0.2, 0) is 24.9 Å². The fraction of sp³-hybridized carbons (Fsp3) is 0.571. The average molecular weight is 543 g/mol. The molecule has 0 amide bonds. The topological polar surface area (TPSA) is 99.8 Å². The number of benzene rings is 1. The molecule has 0 saturated carbocycles. The van der Waals surface area contributed by atoms with Gasteiger partial charge in [0.05, 0.1) is 31.9 Å². The van der Waals surface area contributed by atoms with Gasteiger partial charge in [-0.2, -0.15) is 0 Å².